The van der Waals surface area contributed by atoms with Crippen LogP contribution >= 0.6 is 0 Å². The van der Waals surface area contributed by atoms with Gasteiger partial charge in [-0.3, -0.25) is 0 Å². The third-order valence-corrected chi connectivity index (χ3v) is 3.32. The van der Waals surface area contributed by atoms with Crippen molar-refractivity contribution in [3.05, 3.63) is 25.7 Å². The molecular formula is C17H32O6. The zero-order chi connectivity index (χ0) is 17.2. The van der Waals surface area contributed by atoms with Crippen LogP contribution in [0.1, 0.15) is 25.7 Å². The minimum absolute atomic E-state index is 0.178. The second-order valence-corrected chi connectivity index (χ2v) is 5.41. The van der Waals surface area contributed by atoms with Gasteiger partial charge in [0.05, 0.1) is 57.6 Å². The first-order valence-electron chi connectivity index (χ1n) is 8.07. The van der Waals surface area contributed by atoms with Gasteiger partial charge in [-0.05, 0) is 25.7 Å². The number of unbranched alkanes of at least 4 members (excludes halogenated alkanes) is 2. The fraction of sp³-hybridized carbons (Fsp3) is 0.765. The molecule has 0 aliphatic carbocycles. The van der Waals surface area contributed by atoms with Gasteiger partial charge in [-0.25, -0.2) is 0 Å². The molecule has 6 heteroatoms. The van der Waals surface area contributed by atoms with Crippen molar-refractivity contribution < 1.29 is 29.2 Å². The Kier molecular flexibility index (Phi) is 15.1. The minimum atomic E-state index is -0.755. The summed E-state index contributed by atoms with van der Waals surface area (Å²) >= 11 is 0. The predicted molar refractivity (Wildman–Crippen MR) is 89.0 cm³/mol. The molecule has 0 spiro atoms. The van der Waals surface area contributed by atoms with Crippen LogP contribution in [0.25, 0.3) is 0 Å². The standard InChI is InChI=1S/C17H32O6/c1-3-20-9-5-7-11-22-15-17(13-18,14-19)16-23-12-8-6-10-21-4-2/h3-4,18-19H,1-2,5-16H2. The molecule has 0 radical (unpaired) electrons. The maximum absolute atomic E-state index is 9.54. The largest absolute Gasteiger partial charge is 0.502 e. The van der Waals surface area contributed by atoms with E-state index in [0.717, 1.165) is 25.7 Å². The molecule has 0 fully saturated rings. The lowest BCUT2D eigenvalue weighted by atomic mass is 9.92. The molecule has 0 heterocycles. The van der Waals surface area contributed by atoms with Gasteiger partial charge in [0.2, 0.25) is 0 Å². The Morgan fingerprint density at radius 1 is 0.696 bits per heavy atom. The molecule has 0 aliphatic rings. The summed E-state index contributed by atoms with van der Waals surface area (Å²) in [5.74, 6) is 0. The van der Waals surface area contributed by atoms with Crippen LogP contribution in [0.2, 0.25) is 0 Å². The third kappa shape index (κ3) is 12.1. The van der Waals surface area contributed by atoms with Crippen molar-refractivity contribution in [1.82, 2.24) is 0 Å². The summed E-state index contributed by atoms with van der Waals surface area (Å²) in [5.41, 5.74) is -0.755. The predicted octanol–water partition coefficient (Wildman–Crippen LogP) is 1.87. The Labute approximate surface area is 139 Å². The van der Waals surface area contributed by atoms with Gasteiger partial charge in [-0.1, -0.05) is 13.2 Å². The fourth-order valence-electron chi connectivity index (χ4n) is 1.80. The van der Waals surface area contributed by atoms with E-state index in [1.54, 1.807) is 0 Å². The van der Waals surface area contributed by atoms with Gasteiger partial charge in [-0.2, -0.15) is 0 Å². The van der Waals surface area contributed by atoms with Gasteiger partial charge in [-0.15, -0.1) is 0 Å². The summed E-state index contributed by atoms with van der Waals surface area (Å²) < 4.78 is 21.2. The summed E-state index contributed by atoms with van der Waals surface area (Å²) in [4.78, 5) is 0. The van der Waals surface area contributed by atoms with Crippen LogP contribution in [0.3, 0.4) is 0 Å². The lowest BCUT2D eigenvalue weighted by molar-refractivity contribution is -0.0780. The highest BCUT2D eigenvalue weighted by molar-refractivity contribution is 4.77. The van der Waals surface area contributed by atoms with Crippen LogP contribution < -0.4 is 0 Å². The number of hydrogen-bond acceptors (Lipinski definition) is 6. The van der Waals surface area contributed by atoms with Gasteiger partial charge >= 0.3 is 0 Å². The van der Waals surface area contributed by atoms with E-state index in [-0.39, 0.29) is 26.4 Å². The van der Waals surface area contributed by atoms with Gasteiger partial charge in [0.1, 0.15) is 0 Å². The van der Waals surface area contributed by atoms with E-state index in [2.05, 4.69) is 13.2 Å². The van der Waals surface area contributed by atoms with Crippen LogP contribution in [0.15, 0.2) is 25.7 Å². The smallest absolute Gasteiger partial charge is 0.0873 e. The Balaban J connectivity index is 3.78. The van der Waals surface area contributed by atoms with Crippen molar-refractivity contribution >= 4 is 0 Å². The van der Waals surface area contributed by atoms with Crippen LogP contribution in [0.4, 0.5) is 0 Å². The van der Waals surface area contributed by atoms with E-state index in [9.17, 15) is 10.2 Å². The molecule has 136 valence electrons. The lowest BCUT2D eigenvalue weighted by Crippen LogP contribution is -2.40. The number of rotatable bonds is 18. The molecule has 0 rings (SSSR count). The first-order chi connectivity index (χ1) is 11.2. The average molecular weight is 332 g/mol. The van der Waals surface area contributed by atoms with Gasteiger partial charge < -0.3 is 29.2 Å². The van der Waals surface area contributed by atoms with E-state index in [4.69, 9.17) is 18.9 Å². The van der Waals surface area contributed by atoms with Crippen molar-refractivity contribution in [2.24, 2.45) is 5.41 Å². The summed E-state index contributed by atoms with van der Waals surface area (Å²) in [7, 11) is 0. The third-order valence-electron chi connectivity index (χ3n) is 3.32. The van der Waals surface area contributed by atoms with Crippen molar-refractivity contribution in [1.29, 1.82) is 0 Å². The van der Waals surface area contributed by atoms with Crippen LogP contribution in [0.5, 0.6) is 0 Å². The Hall–Kier alpha value is -1.08. The van der Waals surface area contributed by atoms with Gasteiger partial charge in [0.25, 0.3) is 0 Å². The molecule has 0 bridgehead atoms. The molecule has 0 atom stereocenters. The van der Waals surface area contributed by atoms with E-state index in [0.29, 0.717) is 26.4 Å². The SMILES string of the molecule is C=COCCCCOCC(CO)(CO)COCCCCOC=C. The number of aliphatic hydroxyl groups is 2. The normalized spacial score (nSPS) is 11.2. The maximum atomic E-state index is 9.54. The topological polar surface area (TPSA) is 77.4 Å². The zero-order valence-corrected chi connectivity index (χ0v) is 14.1. The average Bonchev–Trinajstić information content (AvgIpc) is 2.58. The summed E-state index contributed by atoms with van der Waals surface area (Å²) in [6, 6.07) is 0. The molecule has 0 aromatic rings. The molecule has 0 saturated carbocycles. The van der Waals surface area contributed by atoms with Crippen molar-refractivity contribution in [3.63, 3.8) is 0 Å². The quantitative estimate of drug-likeness (QED) is 0.295. The maximum Gasteiger partial charge on any atom is 0.0873 e. The van der Waals surface area contributed by atoms with Gasteiger partial charge in [0, 0.05) is 13.2 Å². The molecule has 0 amide bonds. The van der Waals surface area contributed by atoms with Crippen molar-refractivity contribution in [2.45, 2.75) is 25.7 Å². The minimum Gasteiger partial charge on any atom is -0.502 e. The number of aliphatic hydroxyl groups excluding tert-OH is 2. The number of hydrogen-bond donors (Lipinski definition) is 2. The monoisotopic (exact) mass is 332 g/mol. The van der Waals surface area contributed by atoms with Crippen LogP contribution in [-0.4, -0.2) is 63.1 Å². The molecule has 0 aliphatic heterocycles. The van der Waals surface area contributed by atoms with Crippen molar-refractivity contribution in [3.8, 4) is 0 Å². The Bertz CT molecular complexity index is 254. The Morgan fingerprint density at radius 2 is 1.09 bits per heavy atom. The Morgan fingerprint density at radius 3 is 1.43 bits per heavy atom. The van der Waals surface area contributed by atoms with Crippen LogP contribution in [-0.2, 0) is 18.9 Å². The summed E-state index contributed by atoms with van der Waals surface area (Å²) in [6.07, 6.45) is 6.30. The number of ether oxygens (including phenoxy) is 4. The van der Waals surface area contributed by atoms with E-state index < -0.39 is 5.41 Å². The lowest BCUT2D eigenvalue weighted by Gasteiger charge is -2.29. The molecule has 23 heavy (non-hydrogen) atoms. The fourth-order valence-corrected chi connectivity index (χ4v) is 1.80. The summed E-state index contributed by atoms with van der Waals surface area (Å²) in [5, 5.41) is 19.1. The van der Waals surface area contributed by atoms with Crippen molar-refractivity contribution in [2.75, 3.05) is 52.9 Å². The second-order valence-electron chi connectivity index (χ2n) is 5.41. The molecule has 0 unspecified atom stereocenters. The molecule has 6 nitrogen and oxygen atoms in total. The molecule has 0 aromatic carbocycles. The highest BCUT2D eigenvalue weighted by Gasteiger charge is 2.29. The first-order valence-corrected chi connectivity index (χ1v) is 8.07. The molecular weight excluding hydrogens is 300 g/mol. The first kappa shape index (κ1) is 21.9. The molecule has 0 aromatic heterocycles. The van der Waals surface area contributed by atoms with Gasteiger partial charge in [0.15, 0.2) is 0 Å². The van der Waals surface area contributed by atoms with Crippen LogP contribution in [0, 0.1) is 5.41 Å². The van der Waals surface area contributed by atoms with E-state index >= 15 is 0 Å². The molecule has 0 saturated heterocycles. The highest BCUT2D eigenvalue weighted by atomic mass is 16.5. The summed E-state index contributed by atoms with van der Waals surface area (Å²) in [6.45, 7) is 9.47. The highest BCUT2D eigenvalue weighted by Crippen LogP contribution is 2.17. The second kappa shape index (κ2) is 15.8. The zero-order valence-electron chi connectivity index (χ0n) is 14.1. The van der Waals surface area contributed by atoms with E-state index in [1.165, 1.54) is 12.5 Å². The van der Waals surface area contributed by atoms with E-state index in [1.807, 2.05) is 0 Å². The molecule has 2 N–H and O–H groups in total.